The lowest BCUT2D eigenvalue weighted by Gasteiger charge is -2.18. The first-order valence-electron chi connectivity index (χ1n) is 7.87. The van der Waals surface area contributed by atoms with E-state index in [4.69, 9.17) is 11.6 Å². The van der Waals surface area contributed by atoms with Crippen LogP contribution in [0.25, 0.3) is 10.9 Å². The summed E-state index contributed by atoms with van der Waals surface area (Å²) >= 11 is 6.10. The van der Waals surface area contributed by atoms with Gasteiger partial charge in [0.15, 0.2) is 0 Å². The number of rotatable bonds is 4. The topological polar surface area (TPSA) is 42.4 Å². The maximum atomic E-state index is 12.8. The molecular weight excluding hydrogens is 381 g/mol. The molecule has 0 spiro atoms. The molecule has 1 heterocycles. The molecule has 2 aromatic carbocycles. The van der Waals surface area contributed by atoms with Gasteiger partial charge in [-0.1, -0.05) is 29.8 Å². The summed E-state index contributed by atoms with van der Waals surface area (Å²) in [5, 5.41) is 1.16. The Morgan fingerprint density at radius 3 is 2.56 bits per heavy atom. The van der Waals surface area contributed by atoms with Crippen molar-refractivity contribution in [3.05, 3.63) is 70.9 Å². The van der Waals surface area contributed by atoms with Crippen molar-refractivity contribution in [1.29, 1.82) is 0 Å². The van der Waals surface area contributed by atoms with Crippen LogP contribution in [-0.4, -0.2) is 29.2 Å². The lowest BCUT2D eigenvalue weighted by molar-refractivity contribution is -0.274. The van der Waals surface area contributed by atoms with E-state index in [1.807, 2.05) is 6.07 Å². The highest BCUT2D eigenvalue weighted by Gasteiger charge is 2.31. The minimum absolute atomic E-state index is 0.200. The number of nitrogens with zero attached hydrogens (tertiary/aromatic N) is 2. The Bertz CT molecular complexity index is 975. The molecule has 1 aromatic heterocycles. The van der Waals surface area contributed by atoms with Gasteiger partial charge in [-0.3, -0.25) is 9.78 Å². The maximum absolute atomic E-state index is 12.8. The molecule has 0 bridgehead atoms. The van der Waals surface area contributed by atoms with Gasteiger partial charge < -0.3 is 9.64 Å². The van der Waals surface area contributed by atoms with Gasteiger partial charge >= 0.3 is 6.36 Å². The molecule has 1 amide bonds. The average Bonchev–Trinajstić information content (AvgIpc) is 2.60. The molecule has 0 aliphatic rings. The highest BCUT2D eigenvalue weighted by atomic mass is 35.5. The van der Waals surface area contributed by atoms with Crippen LogP contribution in [0.3, 0.4) is 0 Å². The molecule has 8 heteroatoms. The molecule has 0 N–H and O–H groups in total. The van der Waals surface area contributed by atoms with E-state index in [1.165, 1.54) is 29.2 Å². The fraction of sp³-hybridized carbons (Fsp3) is 0.158. The van der Waals surface area contributed by atoms with Crippen LogP contribution in [0.2, 0.25) is 5.02 Å². The Morgan fingerprint density at radius 1 is 1.19 bits per heavy atom. The molecule has 0 aliphatic heterocycles. The summed E-state index contributed by atoms with van der Waals surface area (Å²) in [6, 6.07) is 12.2. The minimum Gasteiger partial charge on any atom is -0.406 e. The van der Waals surface area contributed by atoms with Gasteiger partial charge in [0.2, 0.25) is 0 Å². The fourth-order valence-corrected chi connectivity index (χ4v) is 2.89. The largest absolute Gasteiger partial charge is 0.573 e. The maximum Gasteiger partial charge on any atom is 0.573 e. The van der Waals surface area contributed by atoms with Crippen molar-refractivity contribution in [3.8, 4) is 5.75 Å². The SMILES string of the molecule is CN(Cc1ccc(OC(F)(F)F)cc1)C(=O)c1cc(Cl)cc2cccnc12. The summed E-state index contributed by atoms with van der Waals surface area (Å²) in [4.78, 5) is 18.5. The third kappa shape index (κ3) is 4.68. The summed E-state index contributed by atoms with van der Waals surface area (Å²) < 4.78 is 40.5. The van der Waals surface area contributed by atoms with Crippen molar-refractivity contribution < 1.29 is 22.7 Å². The van der Waals surface area contributed by atoms with Crippen LogP contribution in [0.1, 0.15) is 15.9 Å². The fourth-order valence-electron chi connectivity index (χ4n) is 2.67. The second-order valence-corrected chi connectivity index (χ2v) is 6.32. The number of halogens is 4. The molecule has 140 valence electrons. The first-order chi connectivity index (χ1) is 12.7. The molecular formula is C19H14ClF3N2O2. The molecule has 0 unspecified atom stereocenters. The Kier molecular flexibility index (Phi) is 5.23. The number of amides is 1. The van der Waals surface area contributed by atoms with Crippen molar-refractivity contribution in [2.24, 2.45) is 0 Å². The number of hydrogen-bond donors (Lipinski definition) is 0. The third-order valence-electron chi connectivity index (χ3n) is 3.82. The normalized spacial score (nSPS) is 11.4. The molecule has 27 heavy (non-hydrogen) atoms. The summed E-state index contributed by atoms with van der Waals surface area (Å²) in [5.41, 5.74) is 1.55. The zero-order chi connectivity index (χ0) is 19.6. The lowest BCUT2D eigenvalue weighted by atomic mass is 10.1. The van der Waals surface area contributed by atoms with Crippen LogP contribution >= 0.6 is 11.6 Å². The number of hydrogen-bond acceptors (Lipinski definition) is 3. The van der Waals surface area contributed by atoms with Gasteiger partial charge in [0, 0.05) is 30.2 Å². The van der Waals surface area contributed by atoms with Gasteiger partial charge in [-0.25, -0.2) is 0 Å². The van der Waals surface area contributed by atoms with Gasteiger partial charge in [-0.15, -0.1) is 13.2 Å². The van der Waals surface area contributed by atoms with Crippen molar-refractivity contribution in [3.63, 3.8) is 0 Å². The molecule has 3 aromatic rings. The highest BCUT2D eigenvalue weighted by Crippen LogP contribution is 2.25. The number of ether oxygens (including phenoxy) is 1. The lowest BCUT2D eigenvalue weighted by Crippen LogP contribution is -2.26. The van der Waals surface area contributed by atoms with Crippen LogP contribution in [0.5, 0.6) is 5.75 Å². The number of benzene rings is 2. The summed E-state index contributed by atoms with van der Waals surface area (Å²) in [6.07, 6.45) is -3.15. The predicted octanol–water partition coefficient (Wildman–Crippen LogP) is 5.06. The zero-order valence-electron chi connectivity index (χ0n) is 14.1. The summed E-state index contributed by atoms with van der Waals surface area (Å²) in [5.74, 6) is -0.609. The second kappa shape index (κ2) is 7.44. The van der Waals surface area contributed by atoms with Crippen molar-refractivity contribution >= 4 is 28.4 Å². The molecule has 4 nitrogen and oxygen atoms in total. The van der Waals surface area contributed by atoms with Crippen molar-refractivity contribution in [2.75, 3.05) is 7.05 Å². The van der Waals surface area contributed by atoms with Gasteiger partial charge in [-0.2, -0.15) is 0 Å². The summed E-state index contributed by atoms with van der Waals surface area (Å²) in [6.45, 7) is 0.200. The molecule has 0 atom stereocenters. The van der Waals surface area contributed by atoms with Crippen LogP contribution in [-0.2, 0) is 6.54 Å². The van der Waals surface area contributed by atoms with E-state index in [-0.39, 0.29) is 18.2 Å². The van der Waals surface area contributed by atoms with E-state index in [0.717, 1.165) is 5.39 Å². The third-order valence-corrected chi connectivity index (χ3v) is 4.04. The van der Waals surface area contributed by atoms with Gasteiger partial charge in [0.1, 0.15) is 5.75 Å². The number of fused-ring (bicyclic) bond motifs is 1. The minimum atomic E-state index is -4.74. The molecule has 0 fully saturated rings. The van der Waals surface area contributed by atoms with Crippen LogP contribution in [0.4, 0.5) is 13.2 Å². The van der Waals surface area contributed by atoms with E-state index in [9.17, 15) is 18.0 Å². The Balaban J connectivity index is 1.79. The predicted molar refractivity (Wildman–Crippen MR) is 95.7 cm³/mol. The van der Waals surface area contributed by atoms with Crippen molar-refractivity contribution in [1.82, 2.24) is 9.88 Å². The number of alkyl halides is 3. The summed E-state index contributed by atoms with van der Waals surface area (Å²) in [7, 11) is 1.60. The molecule has 0 aliphatic carbocycles. The van der Waals surface area contributed by atoms with E-state index in [0.29, 0.717) is 21.7 Å². The average molecular weight is 395 g/mol. The zero-order valence-corrected chi connectivity index (χ0v) is 14.9. The first kappa shape index (κ1) is 19.0. The van der Waals surface area contributed by atoms with E-state index < -0.39 is 6.36 Å². The smallest absolute Gasteiger partial charge is 0.406 e. The molecule has 0 radical (unpaired) electrons. The second-order valence-electron chi connectivity index (χ2n) is 5.88. The Labute approximate surface area is 158 Å². The Hall–Kier alpha value is -2.80. The van der Waals surface area contributed by atoms with E-state index >= 15 is 0 Å². The molecule has 0 saturated heterocycles. The number of aromatic nitrogens is 1. The number of carbonyl (C=O) groups is 1. The number of carbonyl (C=O) groups excluding carboxylic acids is 1. The number of pyridine rings is 1. The van der Waals surface area contributed by atoms with Gasteiger partial charge in [0.25, 0.3) is 5.91 Å². The Morgan fingerprint density at radius 2 is 1.89 bits per heavy atom. The first-order valence-corrected chi connectivity index (χ1v) is 8.25. The quantitative estimate of drug-likeness (QED) is 0.621. The molecule has 3 rings (SSSR count). The standard InChI is InChI=1S/C19H14ClF3N2O2/c1-25(11-12-4-6-15(7-5-12)27-19(21,22)23)18(26)16-10-14(20)9-13-3-2-8-24-17(13)16/h2-10H,11H2,1H3. The van der Waals surface area contributed by atoms with Crippen LogP contribution in [0, 0.1) is 0 Å². The van der Waals surface area contributed by atoms with Gasteiger partial charge in [0.05, 0.1) is 11.1 Å². The molecule has 0 saturated carbocycles. The van der Waals surface area contributed by atoms with Gasteiger partial charge in [-0.05, 0) is 35.9 Å². The highest BCUT2D eigenvalue weighted by molar-refractivity contribution is 6.32. The van der Waals surface area contributed by atoms with Crippen molar-refractivity contribution in [2.45, 2.75) is 12.9 Å². The van der Waals surface area contributed by atoms with E-state index in [2.05, 4.69) is 9.72 Å². The van der Waals surface area contributed by atoms with E-state index in [1.54, 1.807) is 31.4 Å². The van der Waals surface area contributed by atoms with Crippen LogP contribution in [0.15, 0.2) is 54.7 Å². The monoisotopic (exact) mass is 394 g/mol. The van der Waals surface area contributed by atoms with Crippen LogP contribution < -0.4 is 4.74 Å².